The summed E-state index contributed by atoms with van der Waals surface area (Å²) in [5, 5.41) is 61.9. The van der Waals surface area contributed by atoms with E-state index in [-0.39, 0.29) is 76.0 Å². The molecule has 1 aliphatic rings. The standard InChI is InChI=1S/C33H48B3N3O12/c37-19-25(42)22-7-1-10-27(46-15-4-13-40)31(22)34(44)49-18-6-17-48-29-12-3-9-24-30(21-39)50-36(33(24)29)51-35(45)32-23(26(43)20-38)8-2-11-28(32)47-16-5-14-41/h1-3,7-12,25-26,30,40-45H,4-6,13-21,37-39H2. The largest absolute Gasteiger partial charge is 0.495 e. The van der Waals surface area contributed by atoms with Crippen molar-refractivity contribution in [1.82, 2.24) is 0 Å². The number of aliphatic hydroxyl groups is 4. The molecule has 0 aromatic heterocycles. The Balaban J connectivity index is 1.46. The van der Waals surface area contributed by atoms with E-state index in [2.05, 4.69) is 0 Å². The van der Waals surface area contributed by atoms with Gasteiger partial charge in [-0.1, -0.05) is 36.4 Å². The van der Waals surface area contributed by atoms with Gasteiger partial charge in [0.1, 0.15) is 17.2 Å². The predicted molar refractivity (Wildman–Crippen MR) is 192 cm³/mol. The SMILES string of the molecule is NCC(O)c1cccc(OCCCO)c1B(O)OCCCOc1cccc2c1B(OB(O)c1c(OCCCO)cccc1C(O)CN)OC2CN. The lowest BCUT2D eigenvalue weighted by atomic mass is 9.68. The van der Waals surface area contributed by atoms with Crippen LogP contribution in [-0.4, -0.2) is 111 Å². The first-order valence-corrected chi connectivity index (χ1v) is 17.0. The fourth-order valence-corrected chi connectivity index (χ4v) is 5.73. The van der Waals surface area contributed by atoms with Gasteiger partial charge in [0.2, 0.25) is 0 Å². The van der Waals surface area contributed by atoms with Crippen molar-refractivity contribution in [1.29, 1.82) is 0 Å². The van der Waals surface area contributed by atoms with Gasteiger partial charge in [0, 0.05) is 75.1 Å². The second kappa shape index (κ2) is 20.7. The van der Waals surface area contributed by atoms with E-state index in [4.69, 9.17) is 50.4 Å². The summed E-state index contributed by atoms with van der Waals surface area (Å²) in [6.07, 6.45) is -1.64. The van der Waals surface area contributed by atoms with Crippen LogP contribution >= 0.6 is 0 Å². The molecule has 0 spiro atoms. The molecule has 18 heteroatoms. The lowest BCUT2D eigenvalue weighted by Gasteiger charge is -2.22. The van der Waals surface area contributed by atoms with Crippen LogP contribution in [0.25, 0.3) is 0 Å². The van der Waals surface area contributed by atoms with Crippen LogP contribution in [0.3, 0.4) is 0 Å². The summed E-state index contributed by atoms with van der Waals surface area (Å²) in [5.41, 5.74) is 19.8. The molecule has 0 amide bonds. The van der Waals surface area contributed by atoms with Gasteiger partial charge in [0.25, 0.3) is 0 Å². The lowest BCUT2D eigenvalue weighted by molar-refractivity contribution is 0.185. The van der Waals surface area contributed by atoms with Gasteiger partial charge < -0.3 is 75.8 Å². The average Bonchev–Trinajstić information content (AvgIpc) is 3.51. The van der Waals surface area contributed by atoms with Crippen LogP contribution in [-0.2, 0) is 13.9 Å². The number of ether oxygens (including phenoxy) is 3. The summed E-state index contributed by atoms with van der Waals surface area (Å²) in [6.45, 7) is 0.380. The number of aliphatic hydroxyl groups excluding tert-OH is 4. The summed E-state index contributed by atoms with van der Waals surface area (Å²) in [4.78, 5) is 0. The second-order valence-electron chi connectivity index (χ2n) is 11.7. The summed E-state index contributed by atoms with van der Waals surface area (Å²) in [6, 6.07) is 15.2. The van der Waals surface area contributed by atoms with Crippen molar-refractivity contribution in [3.63, 3.8) is 0 Å². The molecule has 0 bridgehead atoms. The third kappa shape index (κ3) is 10.4. The zero-order chi connectivity index (χ0) is 36.8. The molecule has 12 N–H and O–H groups in total. The van der Waals surface area contributed by atoms with Gasteiger partial charge in [-0.3, -0.25) is 0 Å². The molecule has 0 aliphatic carbocycles. The Morgan fingerprint density at radius 2 is 1.20 bits per heavy atom. The molecule has 51 heavy (non-hydrogen) atoms. The molecule has 0 fully saturated rings. The van der Waals surface area contributed by atoms with Crippen molar-refractivity contribution in [2.75, 3.05) is 59.3 Å². The van der Waals surface area contributed by atoms with E-state index in [0.29, 0.717) is 47.4 Å². The molecule has 15 nitrogen and oxygen atoms in total. The van der Waals surface area contributed by atoms with Crippen molar-refractivity contribution in [2.45, 2.75) is 37.6 Å². The van der Waals surface area contributed by atoms with Gasteiger partial charge in [-0.25, -0.2) is 0 Å². The number of hydrogen-bond acceptors (Lipinski definition) is 15. The third-order valence-corrected chi connectivity index (χ3v) is 8.24. The maximum absolute atomic E-state index is 11.4. The number of hydrogen-bond donors (Lipinski definition) is 9. The number of fused-ring (bicyclic) bond motifs is 1. The molecule has 0 saturated carbocycles. The molecule has 0 saturated heterocycles. The zero-order valence-corrected chi connectivity index (χ0v) is 28.5. The summed E-state index contributed by atoms with van der Waals surface area (Å²) in [7, 11) is -4.17. The minimum atomic E-state index is -1.62. The quantitative estimate of drug-likeness (QED) is 0.0364. The van der Waals surface area contributed by atoms with Crippen LogP contribution in [0.5, 0.6) is 17.2 Å². The van der Waals surface area contributed by atoms with Crippen molar-refractivity contribution >= 4 is 37.7 Å². The fourth-order valence-electron chi connectivity index (χ4n) is 5.73. The van der Waals surface area contributed by atoms with Gasteiger partial charge in [-0.15, -0.1) is 0 Å². The van der Waals surface area contributed by atoms with Gasteiger partial charge in [0.05, 0.1) is 38.1 Å². The maximum atomic E-state index is 11.4. The fraction of sp³-hybridized carbons (Fsp3) is 0.455. The molecule has 276 valence electrons. The van der Waals surface area contributed by atoms with Crippen LogP contribution < -0.4 is 47.8 Å². The highest BCUT2D eigenvalue weighted by Crippen LogP contribution is 2.29. The van der Waals surface area contributed by atoms with Gasteiger partial charge >= 0.3 is 21.4 Å². The van der Waals surface area contributed by atoms with E-state index in [1.54, 1.807) is 48.5 Å². The van der Waals surface area contributed by atoms with Crippen LogP contribution in [0.15, 0.2) is 54.6 Å². The highest BCUT2D eigenvalue weighted by Gasteiger charge is 2.43. The second-order valence-corrected chi connectivity index (χ2v) is 11.7. The highest BCUT2D eigenvalue weighted by molar-refractivity contribution is 6.75. The minimum absolute atomic E-state index is 0.0640. The van der Waals surface area contributed by atoms with Gasteiger partial charge in [-0.05, 0) is 34.9 Å². The highest BCUT2D eigenvalue weighted by atomic mass is 16.6. The summed E-state index contributed by atoms with van der Waals surface area (Å²) < 4.78 is 35.6. The zero-order valence-electron chi connectivity index (χ0n) is 28.5. The number of benzene rings is 3. The first kappa shape index (κ1) is 40.5. The Hall–Kier alpha value is -3.23. The minimum Gasteiger partial charge on any atom is -0.494 e. The maximum Gasteiger partial charge on any atom is 0.495 e. The molecular formula is C33H48B3N3O12. The van der Waals surface area contributed by atoms with Crippen molar-refractivity contribution in [3.05, 3.63) is 71.3 Å². The van der Waals surface area contributed by atoms with E-state index in [1.165, 1.54) is 0 Å². The molecular weight excluding hydrogens is 663 g/mol. The lowest BCUT2D eigenvalue weighted by Crippen LogP contribution is -2.47. The molecule has 4 rings (SSSR count). The van der Waals surface area contributed by atoms with Crippen LogP contribution in [0.4, 0.5) is 0 Å². The molecule has 3 atom stereocenters. The Morgan fingerprint density at radius 3 is 1.75 bits per heavy atom. The van der Waals surface area contributed by atoms with E-state index in [1.807, 2.05) is 6.07 Å². The van der Waals surface area contributed by atoms with Gasteiger partial charge in [0.15, 0.2) is 0 Å². The van der Waals surface area contributed by atoms with Crippen molar-refractivity contribution in [3.8, 4) is 17.2 Å². The molecule has 1 heterocycles. The van der Waals surface area contributed by atoms with E-state index < -0.39 is 39.7 Å². The van der Waals surface area contributed by atoms with Crippen LogP contribution in [0.2, 0.25) is 0 Å². The Bertz CT molecular complexity index is 1510. The molecule has 3 aromatic rings. The average molecular weight is 711 g/mol. The van der Waals surface area contributed by atoms with Crippen LogP contribution in [0.1, 0.15) is 54.3 Å². The molecule has 3 unspecified atom stereocenters. The predicted octanol–water partition coefficient (Wildman–Crippen LogP) is -2.50. The van der Waals surface area contributed by atoms with Crippen LogP contribution in [0, 0.1) is 0 Å². The van der Waals surface area contributed by atoms with Crippen molar-refractivity contribution in [2.24, 2.45) is 17.2 Å². The summed E-state index contributed by atoms with van der Waals surface area (Å²) >= 11 is 0. The Labute approximate surface area is 298 Å². The normalized spacial score (nSPS) is 15.0. The Kier molecular flexibility index (Phi) is 16.5. The van der Waals surface area contributed by atoms with Gasteiger partial charge in [-0.2, -0.15) is 0 Å². The van der Waals surface area contributed by atoms with E-state index in [0.717, 1.165) is 5.56 Å². The van der Waals surface area contributed by atoms with Crippen molar-refractivity contribution < 1.29 is 58.6 Å². The number of nitrogens with two attached hydrogens (primary N) is 3. The van der Waals surface area contributed by atoms with E-state index in [9.17, 15) is 25.4 Å². The number of rotatable bonds is 23. The first-order valence-electron chi connectivity index (χ1n) is 17.0. The topological polar surface area (TPSA) is 255 Å². The first-order chi connectivity index (χ1) is 24.8. The smallest absolute Gasteiger partial charge is 0.494 e. The Morgan fingerprint density at radius 1 is 0.686 bits per heavy atom. The summed E-state index contributed by atoms with van der Waals surface area (Å²) in [5.74, 6) is 0.987. The monoisotopic (exact) mass is 711 g/mol. The molecule has 1 aliphatic heterocycles. The molecule has 0 radical (unpaired) electrons. The van der Waals surface area contributed by atoms with E-state index >= 15 is 0 Å². The third-order valence-electron chi connectivity index (χ3n) is 8.24. The molecule has 3 aromatic carbocycles.